The lowest BCUT2D eigenvalue weighted by atomic mass is 10.0. The number of hydrogen-bond donors (Lipinski definition) is 2. The fraction of sp³-hybridized carbons (Fsp3) is 0.429. The lowest BCUT2D eigenvalue weighted by molar-refractivity contribution is 0.393. The minimum atomic E-state index is -1.40. The smallest absolute Gasteiger partial charge is 0.271 e. The molecule has 0 amide bonds. The van der Waals surface area contributed by atoms with Gasteiger partial charge in [0.05, 0.1) is 16.1 Å². The fourth-order valence-corrected chi connectivity index (χ4v) is 5.32. The normalized spacial score (nSPS) is 15.9. The first-order chi connectivity index (χ1) is 13.8. The first-order valence-electron chi connectivity index (χ1n) is 9.84. The topological polar surface area (TPSA) is 91.2 Å². The number of pyridine rings is 1. The van der Waals surface area contributed by atoms with Gasteiger partial charge in [-0.3, -0.25) is 4.79 Å². The van der Waals surface area contributed by atoms with Crippen LogP contribution in [0.2, 0.25) is 0 Å². The van der Waals surface area contributed by atoms with Gasteiger partial charge < -0.3 is 14.4 Å². The number of hydrogen-bond acceptors (Lipinski definition) is 5. The van der Waals surface area contributed by atoms with Crippen LogP contribution in [0.15, 0.2) is 32.4 Å². The Bertz CT molecular complexity index is 1120. The number of H-pyrrole nitrogens is 1. The molecule has 1 atom stereocenters. The number of aromatic nitrogens is 2. The molecular weight excluding hydrogens is 388 g/mol. The number of fused-ring (bicyclic) bond motifs is 1. The molecule has 8 heteroatoms. The zero-order valence-electron chi connectivity index (χ0n) is 17.2. The SMILES string of the molecule is Cc1noc(C)c1-c1cc(S(=O)NC2CCCC2)c2cc(N(C)C)c(=O)[nH]c2c1. The molecule has 1 unspecified atom stereocenters. The second-order valence-corrected chi connectivity index (χ2v) is 9.09. The van der Waals surface area contributed by atoms with Gasteiger partial charge in [-0.25, -0.2) is 8.93 Å². The second kappa shape index (κ2) is 7.76. The van der Waals surface area contributed by atoms with Crippen LogP contribution in [0.4, 0.5) is 5.69 Å². The summed E-state index contributed by atoms with van der Waals surface area (Å²) < 4.78 is 21.9. The first-order valence-corrected chi connectivity index (χ1v) is 11.0. The maximum atomic E-state index is 13.3. The van der Waals surface area contributed by atoms with E-state index in [4.69, 9.17) is 4.52 Å². The van der Waals surface area contributed by atoms with Crippen molar-refractivity contribution in [1.82, 2.24) is 14.9 Å². The van der Waals surface area contributed by atoms with Gasteiger partial charge in [0.25, 0.3) is 5.56 Å². The Morgan fingerprint density at radius 3 is 2.55 bits per heavy atom. The van der Waals surface area contributed by atoms with Crippen LogP contribution in [0, 0.1) is 13.8 Å². The number of anilines is 1. The molecule has 1 fully saturated rings. The first kappa shape index (κ1) is 19.8. The Morgan fingerprint density at radius 2 is 1.93 bits per heavy atom. The zero-order valence-corrected chi connectivity index (χ0v) is 18.0. The molecule has 1 aliphatic carbocycles. The summed E-state index contributed by atoms with van der Waals surface area (Å²) in [7, 11) is 2.24. The number of nitrogens with one attached hydrogen (secondary N) is 2. The summed E-state index contributed by atoms with van der Waals surface area (Å²) >= 11 is 0. The molecule has 29 heavy (non-hydrogen) atoms. The predicted octanol–water partition coefficient (Wildman–Crippen LogP) is 3.42. The van der Waals surface area contributed by atoms with E-state index >= 15 is 0 Å². The van der Waals surface area contributed by atoms with E-state index in [2.05, 4.69) is 14.9 Å². The van der Waals surface area contributed by atoms with E-state index < -0.39 is 11.0 Å². The Kier molecular flexibility index (Phi) is 5.31. The summed E-state index contributed by atoms with van der Waals surface area (Å²) in [5.74, 6) is 0.689. The number of nitrogens with zero attached hydrogens (tertiary/aromatic N) is 2. The van der Waals surface area contributed by atoms with Crippen molar-refractivity contribution in [3.8, 4) is 11.1 Å². The molecule has 0 aliphatic heterocycles. The molecule has 0 bridgehead atoms. The molecule has 1 aromatic carbocycles. The Hall–Kier alpha value is -2.45. The molecule has 1 aliphatic rings. The monoisotopic (exact) mass is 414 g/mol. The lowest BCUT2D eigenvalue weighted by Crippen LogP contribution is -2.28. The van der Waals surface area contributed by atoms with E-state index in [1.165, 1.54) is 0 Å². The van der Waals surface area contributed by atoms with Gasteiger partial charge >= 0.3 is 0 Å². The maximum Gasteiger partial charge on any atom is 0.271 e. The van der Waals surface area contributed by atoms with Gasteiger partial charge in [-0.1, -0.05) is 18.0 Å². The van der Waals surface area contributed by atoms with E-state index in [1.54, 1.807) is 4.90 Å². The summed E-state index contributed by atoms with van der Waals surface area (Å²) in [5, 5.41) is 4.81. The summed E-state index contributed by atoms with van der Waals surface area (Å²) in [4.78, 5) is 17.9. The molecule has 0 saturated heterocycles. The molecule has 4 rings (SSSR count). The van der Waals surface area contributed by atoms with E-state index in [-0.39, 0.29) is 11.6 Å². The highest BCUT2D eigenvalue weighted by Crippen LogP contribution is 2.33. The number of aryl methyl sites for hydroxylation is 2. The van der Waals surface area contributed by atoms with Gasteiger partial charge in [0.15, 0.2) is 0 Å². The lowest BCUT2D eigenvalue weighted by Gasteiger charge is -2.17. The molecule has 0 radical (unpaired) electrons. The van der Waals surface area contributed by atoms with Crippen LogP contribution in [-0.4, -0.2) is 34.5 Å². The molecule has 2 heterocycles. The van der Waals surface area contributed by atoms with Gasteiger partial charge in [-0.15, -0.1) is 0 Å². The number of aromatic amines is 1. The Balaban J connectivity index is 1.92. The van der Waals surface area contributed by atoms with Crippen molar-refractivity contribution in [1.29, 1.82) is 0 Å². The summed E-state index contributed by atoms with van der Waals surface area (Å²) in [6, 6.07) is 5.89. The maximum absolute atomic E-state index is 13.3. The van der Waals surface area contributed by atoms with Crippen molar-refractivity contribution in [3.63, 3.8) is 0 Å². The molecule has 2 N–H and O–H groups in total. The molecule has 1 saturated carbocycles. The van der Waals surface area contributed by atoms with Crippen LogP contribution in [0.3, 0.4) is 0 Å². The van der Waals surface area contributed by atoms with E-state index in [9.17, 15) is 9.00 Å². The number of benzene rings is 1. The second-order valence-electron chi connectivity index (χ2n) is 7.88. The third-order valence-electron chi connectivity index (χ3n) is 5.54. The standard InChI is InChI=1S/C21H26N4O3S/c1-12-20(13(2)28-23-12)14-9-17-16(11-18(25(3)4)21(26)22-17)19(10-14)29(27)24-15-7-5-6-8-15/h9-11,15,24H,5-8H2,1-4H3,(H,22,26). The molecule has 2 aromatic heterocycles. The predicted molar refractivity (Wildman–Crippen MR) is 116 cm³/mol. The Labute approximate surface area is 172 Å². The summed E-state index contributed by atoms with van der Waals surface area (Å²) in [6.07, 6.45) is 4.39. The third-order valence-corrected chi connectivity index (χ3v) is 6.82. The van der Waals surface area contributed by atoms with Gasteiger partial charge in [0, 0.05) is 31.1 Å². The molecule has 0 spiro atoms. The highest BCUT2D eigenvalue weighted by molar-refractivity contribution is 7.83. The van der Waals surface area contributed by atoms with Crippen molar-refractivity contribution in [3.05, 3.63) is 40.0 Å². The Morgan fingerprint density at radius 1 is 1.21 bits per heavy atom. The average Bonchev–Trinajstić information content (AvgIpc) is 3.29. The van der Waals surface area contributed by atoms with Crippen molar-refractivity contribution in [2.75, 3.05) is 19.0 Å². The van der Waals surface area contributed by atoms with Crippen molar-refractivity contribution < 1.29 is 8.73 Å². The fourth-order valence-electron chi connectivity index (χ4n) is 4.05. The zero-order chi connectivity index (χ0) is 20.7. The third kappa shape index (κ3) is 3.74. The molecular formula is C21H26N4O3S. The van der Waals surface area contributed by atoms with Crippen LogP contribution in [-0.2, 0) is 11.0 Å². The van der Waals surface area contributed by atoms with E-state index in [0.717, 1.165) is 47.9 Å². The molecule has 3 aromatic rings. The molecule has 7 nitrogen and oxygen atoms in total. The van der Waals surface area contributed by atoms with Crippen LogP contribution >= 0.6 is 0 Å². The van der Waals surface area contributed by atoms with Crippen LogP contribution < -0.4 is 15.2 Å². The van der Waals surface area contributed by atoms with Crippen molar-refractivity contribution >= 4 is 27.6 Å². The van der Waals surface area contributed by atoms with Crippen molar-refractivity contribution in [2.45, 2.75) is 50.5 Å². The van der Waals surface area contributed by atoms with E-state index in [0.29, 0.717) is 21.9 Å². The average molecular weight is 415 g/mol. The largest absolute Gasteiger partial charge is 0.373 e. The van der Waals surface area contributed by atoms with Crippen LogP contribution in [0.1, 0.15) is 37.1 Å². The van der Waals surface area contributed by atoms with Gasteiger partial charge in [0.2, 0.25) is 0 Å². The quantitative estimate of drug-likeness (QED) is 0.668. The van der Waals surface area contributed by atoms with Gasteiger partial charge in [0.1, 0.15) is 22.4 Å². The minimum Gasteiger partial charge on any atom is -0.373 e. The van der Waals surface area contributed by atoms with Crippen LogP contribution in [0.5, 0.6) is 0 Å². The minimum absolute atomic E-state index is 0.182. The summed E-state index contributed by atoms with van der Waals surface area (Å²) in [6.45, 7) is 3.73. The van der Waals surface area contributed by atoms with Gasteiger partial charge in [-0.2, -0.15) is 0 Å². The highest BCUT2D eigenvalue weighted by atomic mass is 32.2. The highest BCUT2D eigenvalue weighted by Gasteiger charge is 2.22. The van der Waals surface area contributed by atoms with E-state index in [1.807, 2.05) is 46.1 Å². The summed E-state index contributed by atoms with van der Waals surface area (Å²) in [5.41, 5.74) is 3.45. The van der Waals surface area contributed by atoms with Crippen molar-refractivity contribution in [2.24, 2.45) is 0 Å². The van der Waals surface area contributed by atoms with Gasteiger partial charge in [-0.05, 0) is 50.5 Å². The number of rotatable bonds is 5. The van der Waals surface area contributed by atoms with Crippen LogP contribution in [0.25, 0.3) is 22.0 Å². The molecule has 154 valence electrons.